The molecule has 1 fully saturated rings. The summed E-state index contributed by atoms with van der Waals surface area (Å²) in [5.74, 6) is 0. The Hall–Kier alpha value is -1.11. The molecule has 2 heterocycles. The highest BCUT2D eigenvalue weighted by Crippen LogP contribution is 2.15. The molecule has 0 aromatic carbocycles. The number of nitrogens with two attached hydrogens (primary N) is 1. The number of hydrogen-bond acceptors (Lipinski definition) is 5. The first kappa shape index (κ1) is 12.3. The summed E-state index contributed by atoms with van der Waals surface area (Å²) in [6.07, 6.45) is 0.532. The number of nitrogen functional groups attached to an aromatic ring is 1. The predicted molar refractivity (Wildman–Crippen MR) is 64.3 cm³/mol. The van der Waals surface area contributed by atoms with E-state index < -0.39 is 6.10 Å². The first-order chi connectivity index (χ1) is 8.08. The van der Waals surface area contributed by atoms with Crippen LogP contribution in [-0.2, 0) is 11.4 Å². The van der Waals surface area contributed by atoms with Crippen LogP contribution in [0, 0.1) is 13.8 Å². The molecular weight excluding hydrogens is 220 g/mol. The second-order valence-electron chi connectivity index (χ2n) is 4.50. The average Bonchev–Trinajstić information content (AvgIpc) is 2.85. The maximum atomic E-state index is 9.96. The van der Waals surface area contributed by atoms with Gasteiger partial charge in [-0.2, -0.15) is 10.2 Å². The van der Waals surface area contributed by atoms with E-state index >= 15 is 0 Å². The van der Waals surface area contributed by atoms with Crippen LogP contribution in [-0.4, -0.2) is 45.8 Å². The van der Waals surface area contributed by atoms with Gasteiger partial charge in [-0.3, -0.25) is 9.52 Å². The number of hydroxylamine groups is 2. The van der Waals surface area contributed by atoms with Gasteiger partial charge in [0.2, 0.25) is 0 Å². The van der Waals surface area contributed by atoms with Gasteiger partial charge in [0.15, 0.2) is 0 Å². The van der Waals surface area contributed by atoms with Crippen LogP contribution in [0.2, 0.25) is 0 Å². The molecule has 0 aliphatic carbocycles. The molecule has 1 aromatic heterocycles. The maximum absolute atomic E-state index is 9.96. The molecule has 1 unspecified atom stereocenters. The molecule has 1 aromatic rings. The van der Waals surface area contributed by atoms with Crippen LogP contribution in [0.25, 0.3) is 0 Å². The van der Waals surface area contributed by atoms with Crippen molar-refractivity contribution in [3.05, 3.63) is 11.4 Å². The van der Waals surface area contributed by atoms with E-state index in [2.05, 4.69) is 5.10 Å². The molecule has 1 saturated heterocycles. The molecule has 1 aliphatic heterocycles. The normalized spacial score (nSPS) is 18.8. The number of aromatic nitrogens is 2. The van der Waals surface area contributed by atoms with Crippen molar-refractivity contribution in [3.8, 4) is 0 Å². The Balaban J connectivity index is 1.92. The largest absolute Gasteiger partial charge is 0.396 e. The summed E-state index contributed by atoms with van der Waals surface area (Å²) >= 11 is 0. The quantitative estimate of drug-likeness (QED) is 0.779. The molecule has 0 bridgehead atoms. The van der Waals surface area contributed by atoms with Crippen molar-refractivity contribution in [3.63, 3.8) is 0 Å². The summed E-state index contributed by atoms with van der Waals surface area (Å²) in [4.78, 5) is 5.34. The van der Waals surface area contributed by atoms with E-state index in [9.17, 15) is 5.11 Å². The zero-order chi connectivity index (χ0) is 12.4. The first-order valence-electron chi connectivity index (χ1n) is 5.93. The van der Waals surface area contributed by atoms with Gasteiger partial charge in [0.25, 0.3) is 0 Å². The van der Waals surface area contributed by atoms with Crippen molar-refractivity contribution < 1.29 is 9.94 Å². The van der Waals surface area contributed by atoms with Crippen molar-refractivity contribution in [1.29, 1.82) is 0 Å². The van der Waals surface area contributed by atoms with Gasteiger partial charge in [0.1, 0.15) is 0 Å². The lowest BCUT2D eigenvalue weighted by atomic mass is 10.3. The van der Waals surface area contributed by atoms with Gasteiger partial charge < -0.3 is 10.8 Å². The molecule has 17 heavy (non-hydrogen) atoms. The van der Waals surface area contributed by atoms with Gasteiger partial charge in [0.05, 0.1) is 42.9 Å². The maximum Gasteiger partial charge on any atom is 0.0886 e. The second kappa shape index (κ2) is 5.03. The van der Waals surface area contributed by atoms with E-state index in [1.807, 2.05) is 13.8 Å². The number of aryl methyl sites for hydroxylation is 1. The van der Waals surface area contributed by atoms with E-state index in [-0.39, 0.29) is 0 Å². The minimum absolute atomic E-state index is 0.448. The van der Waals surface area contributed by atoms with Crippen molar-refractivity contribution in [2.24, 2.45) is 0 Å². The average molecular weight is 240 g/mol. The Morgan fingerprint density at radius 1 is 1.47 bits per heavy atom. The summed E-state index contributed by atoms with van der Waals surface area (Å²) < 4.78 is 1.76. The topological polar surface area (TPSA) is 76.5 Å². The van der Waals surface area contributed by atoms with E-state index in [1.165, 1.54) is 0 Å². The van der Waals surface area contributed by atoms with Crippen molar-refractivity contribution in [1.82, 2.24) is 14.8 Å². The standard InChI is InChI=1S/C11H20N4O2/c1-8-11(12)9(2)15(13-8)7-10(16)6-14-4-3-5-17-14/h10,16H,3-7,12H2,1-2H3. The molecular formula is C11H20N4O2. The molecule has 0 radical (unpaired) electrons. The number of hydrogen-bond donors (Lipinski definition) is 2. The minimum atomic E-state index is -0.495. The number of anilines is 1. The van der Waals surface area contributed by atoms with Crippen LogP contribution in [0.3, 0.4) is 0 Å². The van der Waals surface area contributed by atoms with Crippen LogP contribution in [0.4, 0.5) is 5.69 Å². The molecule has 6 heteroatoms. The Kier molecular flexibility index (Phi) is 3.66. The lowest BCUT2D eigenvalue weighted by molar-refractivity contribution is -0.129. The van der Waals surface area contributed by atoms with E-state index in [0.29, 0.717) is 18.8 Å². The summed E-state index contributed by atoms with van der Waals surface area (Å²) in [5.41, 5.74) is 8.26. The predicted octanol–water partition coefficient (Wildman–Crippen LogP) is 0.0803. The van der Waals surface area contributed by atoms with E-state index in [1.54, 1.807) is 9.75 Å². The first-order valence-corrected chi connectivity index (χ1v) is 5.93. The Morgan fingerprint density at radius 3 is 2.76 bits per heavy atom. The van der Waals surface area contributed by atoms with Gasteiger partial charge in [-0.05, 0) is 20.3 Å². The fraction of sp³-hybridized carbons (Fsp3) is 0.727. The Morgan fingerprint density at radius 2 is 2.24 bits per heavy atom. The molecule has 1 aliphatic rings. The highest BCUT2D eigenvalue weighted by atomic mass is 16.7. The zero-order valence-electron chi connectivity index (χ0n) is 10.4. The number of aliphatic hydroxyl groups excluding tert-OH is 1. The smallest absolute Gasteiger partial charge is 0.0886 e. The Bertz CT molecular complexity index is 385. The SMILES string of the molecule is Cc1nn(CC(O)CN2CCCO2)c(C)c1N. The van der Waals surface area contributed by atoms with Crippen molar-refractivity contribution in [2.45, 2.75) is 32.9 Å². The molecule has 3 N–H and O–H groups in total. The third kappa shape index (κ3) is 2.77. The third-order valence-corrected chi connectivity index (χ3v) is 3.06. The number of aliphatic hydroxyl groups is 1. The lowest BCUT2D eigenvalue weighted by Gasteiger charge is -2.18. The summed E-state index contributed by atoms with van der Waals surface area (Å²) in [6, 6.07) is 0. The molecule has 0 amide bonds. The fourth-order valence-corrected chi connectivity index (χ4v) is 2.02. The summed E-state index contributed by atoms with van der Waals surface area (Å²) in [7, 11) is 0. The molecule has 1 atom stereocenters. The number of β-amino-alcohol motifs (C(OH)–C–C–N with tert-alkyl or cyclic N) is 1. The van der Waals surface area contributed by atoms with Gasteiger partial charge in [0, 0.05) is 6.54 Å². The monoisotopic (exact) mass is 240 g/mol. The van der Waals surface area contributed by atoms with Gasteiger partial charge in [-0.25, -0.2) is 0 Å². The zero-order valence-corrected chi connectivity index (χ0v) is 10.4. The van der Waals surface area contributed by atoms with Crippen molar-refractivity contribution in [2.75, 3.05) is 25.4 Å². The number of rotatable bonds is 4. The second-order valence-corrected chi connectivity index (χ2v) is 4.50. The highest BCUT2D eigenvalue weighted by molar-refractivity contribution is 5.46. The van der Waals surface area contributed by atoms with Crippen LogP contribution in [0.5, 0.6) is 0 Å². The van der Waals surface area contributed by atoms with Crippen molar-refractivity contribution >= 4 is 5.69 Å². The van der Waals surface area contributed by atoms with Crippen LogP contribution in [0.15, 0.2) is 0 Å². The summed E-state index contributed by atoms with van der Waals surface area (Å²) in [6.45, 7) is 6.38. The van der Waals surface area contributed by atoms with Gasteiger partial charge in [-0.1, -0.05) is 0 Å². The van der Waals surface area contributed by atoms with Crippen LogP contribution in [0.1, 0.15) is 17.8 Å². The van der Waals surface area contributed by atoms with E-state index in [4.69, 9.17) is 10.6 Å². The molecule has 96 valence electrons. The molecule has 2 rings (SSSR count). The minimum Gasteiger partial charge on any atom is -0.396 e. The number of nitrogens with zero attached hydrogens (tertiary/aromatic N) is 3. The van der Waals surface area contributed by atoms with Gasteiger partial charge >= 0.3 is 0 Å². The highest BCUT2D eigenvalue weighted by Gasteiger charge is 2.18. The van der Waals surface area contributed by atoms with Crippen LogP contribution >= 0.6 is 0 Å². The lowest BCUT2D eigenvalue weighted by Crippen LogP contribution is -2.32. The van der Waals surface area contributed by atoms with Gasteiger partial charge in [-0.15, -0.1) is 0 Å². The Labute approximate surface area is 101 Å². The van der Waals surface area contributed by atoms with Crippen LogP contribution < -0.4 is 5.73 Å². The van der Waals surface area contributed by atoms with E-state index in [0.717, 1.165) is 31.0 Å². The fourth-order valence-electron chi connectivity index (χ4n) is 2.02. The molecule has 0 saturated carbocycles. The third-order valence-electron chi connectivity index (χ3n) is 3.06. The summed E-state index contributed by atoms with van der Waals surface area (Å²) in [5, 5.41) is 16.1. The molecule has 6 nitrogen and oxygen atoms in total. The molecule has 0 spiro atoms.